The van der Waals surface area contributed by atoms with Crippen molar-refractivity contribution in [1.82, 2.24) is 5.32 Å². The summed E-state index contributed by atoms with van der Waals surface area (Å²) >= 11 is 0.247. The van der Waals surface area contributed by atoms with Crippen LogP contribution in [0, 0.1) is 0 Å². The number of alkyl halides is 2. The Morgan fingerprint density at radius 1 is 1.33 bits per heavy atom. The Bertz CT molecular complexity index is 454. The Morgan fingerprint density at radius 2 is 1.94 bits per heavy atom. The van der Waals surface area contributed by atoms with Crippen LogP contribution in [0.5, 0.6) is 0 Å². The fourth-order valence-electron chi connectivity index (χ4n) is 1.19. The van der Waals surface area contributed by atoms with E-state index >= 15 is 0 Å². The maximum atomic E-state index is 12.3. The molecule has 0 aliphatic rings. The van der Waals surface area contributed by atoms with Crippen LogP contribution in [-0.4, -0.2) is 28.8 Å². The first-order valence-corrected chi connectivity index (χ1v) is 5.87. The van der Waals surface area contributed by atoms with E-state index in [0.29, 0.717) is 0 Å². The normalized spacial score (nSPS) is 12.2. The third-order valence-corrected chi connectivity index (χ3v) is 2.85. The highest BCUT2D eigenvalue weighted by Crippen LogP contribution is 2.28. The quantitative estimate of drug-likeness (QED) is 0.808. The van der Waals surface area contributed by atoms with Crippen molar-refractivity contribution >= 4 is 23.6 Å². The molecule has 0 bridgehead atoms. The van der Waals surface area contributed by atoms with Gasteiger partial charge in [0.2, 0.25) is 0 Å². The van der Waals surface area contributed by atoms with Gasteiger partial charge in [-0.05, 0) is 19.1 Å². The SMILES string of the molecule is CC(NC(=O)c1ccccc1SC(F)F)C(=O)O. The van der Waals surface area contributed by atoms with E-state index in [0.717, 1.165) is 0 Å². The number of carboxylic acids is 1. The molecule has 18 heavy (non-hydrogen) atoms. The summed E-state index contributed by atoms with van der Waals surface area (Å²) in [5, 5.41) is 10.9. The topological polar surface area (TPSA) is 66.4 Å². The molecule has 0 saturated carbocycles. The molecule has 2 N–H and O–H groups in total. The van der Waals surface area contributed by atoms with Crippen molar-refractivity contribution in [3.63, 3.8) is 0 Å². The molecule has 0 saturated heterocycles. The van der Waals surface area contributed by atoms with Gasteiger partial charge in [-0.1, -0.05) is 23.9 Å². The second-order valence-corrected chi connectivity index (χ2v) is 4.44. The molecule has 1 aromatic rings. The van der Waals surface area contributed by atoms with Gasteiger partial charge in [-0.15, -0.1) is 0 Å². The van der Waals surface area contributed by atoms with E-state index in [9.17, 15) is 18.4 Å². The highest BCUT2D eigenvalue weighted by Gasteiger charge is 2.19. The fourth-order valence-corrected chi connectivity index (χ4v) is 1.83. The maximum Gasteiger partial charge on any atom is 0.325 e. The minimum Gasteiger partial charge on any atom is -0.480 e. The van der Waals surface area contributed by atoms with Crippen LogP contribution in [0.15, 0.2) is 29.2 Å². The second-order valence-electron chi connectivity index (χ2n) is 3.41. The molecular weight excluding hydrogens is 264 g/mol. The predicted molar refractivity (Wildman–Crippen MR) is 62.9 cm³/mol. The number of aliphatic carboxylic acids is 1. The largest absolute Gasteiger partial charge is 0.480 e. The smallest absolute Gasteiger partial charge is 0.325 e. The van der Waals surface area contributed by atoms with Crippen LogP contribution in [0.25, 0.3) is 0 Å². The third-order valence-electron chi connectivity index (χ3n) is 2.07. The summed E-state index contributed by atoms with van der Waals surface area (Å²) < 4.78 is 24.6. The number of hydrogen-bond acceptors (Lipinski definition) is 3. The van der Waals surface area contributed by atoms with Crippen molar-refractivity contribution in [1.29, 1.82) is 0 Å². The molecule has 1 atom stereocenters. The molecule has 1 amide bonds. The number of halogens is 2. The number of rotatable bonds is 5. The second kappa shape index (κ2) is 6.34. The van der Waals surface area contributed by atoms with E-state index < -0.39 is 23.7 Å². The Labute approximate surface area is 106 Å². The number of thioether (sulfide) groups is 1. The monoisotopic (exact) mass is 275 g/mol. The molecule has 0 aliphatic carbocycles. The number of benzene rings is 1. The zero-order valence-electron chi connectivity index (χ0n) is 9.39. The molecule has 0 fully saturated rings. The van der Waals surface area contributed by atoms with Gasteiger partial charge in [-0.2, -0.15) is 8.78 Å². The van der Waals surface area contributed by atoms with E-state index in [-0.39, 0.29) is 22.2 Å². The van der Waals surface area contributed by atoms with Crippen LogP contribution in [0.2, 0.25) is 0 Å². The number of nitrogens with one attached hydrogen (secondary N) is 1. The first kappa shape index (κ1) is 14.4. The summed E-state index contributed by atoms with van der Waals surface area (Å²) in [5.74, 6) is -4.52. The fraction of sp³-hybridized carbons (Fsp3) is 0.273. The van der Waals surface area contributed by atoms with E-state index in [1.807, 2.05) is 0 Å². The lowest BCUT2D eigenvalue weighted by Crippen LogP contribution is -2.38. The molecule has 0 aromatic heterocycles. The van der Waals surface area contributed by atoms with Crippen LogP contribution in [0.4, 0.5) is 8.78 Å². The highest BCUT2D eigenvalue weighted by atomic mass is 32.2. The lowest BCUT2D eigenvalue weighted by atomic mass is 10.2. The number of carboxylic acid groups (broad SMARTS) is 1. The molecule has 4 nitrogen and oxygen atoms in total. The Kier molecular flexibility index (Phi) is 5.08. The van der Waals surface area contributed by atoms with Crippen molar-refractivity contribution in [2.45, 2.75) is 23.6 Å². The summed E-state index contributed by atoms with van der Waals surface area (Å²) in [4.78, 5) is 22.4. The molecule has 0 spiro atoms. The van der Waals surface area contributed by atoms with Crippen molar-refractivity contribution in [2.75, 3.05) is 0 Å². The highest BCUT2D eigenvalue weighted by molar-refractivity contribution is 7.99. The Hall–Kier alpha value is -1.63. The molecule has 7 heteroatoms. The summed E-state index contributed by atoms with van der Waals surface area (Å²) in [5.41, 5.74) is 0.0379. The first-order chi connectivity index (χ1) is 8.41. The zero-order chi connectivity index (χ0) is 13.7. The Morgan fingerprint density at radius 3 is 2.50 bits per heavy atom. The zero-order valence-corrected chi connectivity index (χ0v) is 10.2. The van der Waals surface area contributed by atoms with Crippen LogP contribution < -0.4 is 5.32 Å². The average molecular weight is 275 g/mol. The van der Waals surface area contributed by atoms with Gasteiger partial charge in [0.15, 0.2) is 0 Å². The average Bonchev–Trinajstić information content (AvgIpc) is 2.28. The van der Waals surface area contributed by atoms with Crippen molar-refractivity contribution < 1.29 is 23.5 Å². The van der Waals surface area contributed by atoms with Crippen LogP contribution in [-0.2, 0) is 4.79 Å². The first-order valence-electron chi connectivity index (χ1n) is 4.99. The predicted octanol–water partition coefficient (Wildman–Crippen LogP) is 2.20. The standard InChI is InChI=1S/C11H11F2NO3S/c1-6(10(16)17)14-9(15)7-4-2-3-5-8(7)18-11(12)13/h2-6,11H,1H3,(H,14,15)(H,16,17). The lowest BCUT2D eigenvalue weighted by molar-refractivity contribution is -0.138. The Balaban J connectivity index is 2.88. The molecule has 1 unspecified atom stereocenters. The number of hydrogen-bond donors (Lipinski definition) is 2. The van der Waals surface area contributed by atoms with Gasteiger partial charge >= 0.3 is 5.97 Å². The van der Waals surface area contributed by atoms with Crippen LogP contribution >= 0.6 is 11.8 Å². The molecule has 98 valence electrons. The summed E-state index contributed by atoms with van der Waals surface area (Å²) in [6.45, 7) is 1.29. The molecule has 0 heterocycles. The van der Waals surface area contributed by atoms with Gasteiger partial charge in [0.25, 0.3) is 11.7 Å². The van der Waals surface area contributed by atoms with E-state index in [1.165, 1.54) is 31.2 Å². The van der Waals surface area contributed by atoms with Gasteiger partial charge in [-0.3, -0.25) is 9.59 Å². The van der Waals surface area contributed by atoms with Crippen molar-refractivity contribution in [3.8, 4) is 0 Å². The van der Waals surface area contributed by atoms with E-state index in [1.54, 1.807) is 0 Å². The van der Waals surface area contributed by atoms with Gasteiger partial charge in [0.05, 0.1) is 5.56 Å². The van der Waals surface area contributed by atoms with Crippen LogP contribution in [0.3, 0.4) is 0 Å². The van der Waals surface area contributed by atoms with E-state index in [4.69, 9.17) is 5.11 Å². The van der Waals surface area contributed by atoms with Crippen molar-refractivity contribution in [3.05, 3.63) is 29.8 Å². The summed E-state index contributed by atoms with van der Waals surface area (Å²) in [6.07, 6.45) is 0. The van der Waals surface area contributed by atoms with Gasteiger partial charge in [0, 0.05) is 4.90 Å². The number of carbonyl (C=O) groups excluding carboxylic acids is 1. The number of amides is 1. The lowest BCUT2D eigenvalue weighted by Gasteiger charge is -2.11. The third kappa shape index (κ3) is 3.99. The molecule has 1 rings (SSSR count). The minimum atomic E-state index is -2.64. The van der Waals surface area contributed by atoms with Gasteiger partial charge < -0.3 is 10.4 Å². The number of carbonyl (C=O) groups is 2. The summed E-state index contributed by atoms with van der Waals surface area (Å²) in [6, 6.07) is 4.73. The molecule has 0 aliphatic heterocycles. The van der Waals surface area contributed by atoms with E-state index in [2.05, 4.69) is 5.32 Å². The van der Waals surface area contributed by atoms with Gasteiger partial charge in [0.1, 0.15) is 6.04 Å². The van der Waals surface area contributed by atoms with Gasteiger partial charge in [-0.25, -0.2) is 0 Å². The minimum absolute atomic E-state index is 0.0379. The van der Waals surface area contributed by atoms with Crippen LogP contribution in [0.1, 0.15) is 17.3 Å². The molecule has 0 radical (unpaired) electrons. The summed E-state index contributed by atoms with van der Waals surface area (Å²) in [7, 11) is 0. The maximum absolute atomic E-state index is 12.3. The molecular formula is C11H11F2NO3S. The molecule has 1 aromatic carbocycles. The van der Waals surface area contributed by atoms with Crippen molar-refractivity contribution in [2.24, 2.45) is 0 Å².